The van der Waals surface area contributed by atoms with Gasteiger partial charge in [0, 0.05) is 26.3 Å². The molecule has 0 unspecified atom stereocenters. The molecule has 1 fully saturated rings. The number of amides is 2. The van der Waals surface area contributed by atoms with E-state index in [2.05, 4.69) is 15.4 Å². The Hall–Kier alpha value is -1.89. The van der Waals surface area contributed by atoms with Crippen LogP contribution < -0.4 is 15.4 Å². The zero-order chi connectivity index (χ0) is 16.5. The van der Waals surface area contributed by atoms with Gasteiger partial charge >= 0.3 is 12.6 Å². The van der Waals surface area contributed by atoms with Crippen molar-refractivity contribution in [1.29, 1.82) is 0 Å². The number of rotatable bonds is 10. The van der Waals surface area contributed by atoms with Crippen molar-refractivity contribution in [1.82, 2.24) is 10.6 Å². The number of nitrogens with one attached hydrogen (secondary N) is 2. The molecular weight excluding hydrogens is 306 g/mol. The highest BCUT2D eigenvalue weighted by atomic mass is 19.3. The van der Waals surface area contributed by atoms with Gasteiger partial charge in [-0.1, -0.05) is 12.1 Å². The Labute approximate surface area is 134 Å². The third-order valence-electron chi connectivity index (χ3n) is 3.40. The van der Waals surface area contributed by atoms with Gasteiger partial charge in [0.15, 0.2) is 0 Å². The average molecular weight is 328 g/mol. The van der Waals surface area contributed by atoms with Crippen LogP contribution in [0.5, 0.6) is 5.75 Å². The smallest absolute Gasteiger partial charge is 0.387 e. The van der Waals surface area contributed by atoms with E-state index >= 15 is 0 Å². The molecule has 2 rings (SSSR count). The van der Waals surface area contributed by atoms with Gasteiger partial charge in [-0.2, -0.15) is 8.78 Å². The molecule has 1 aromatic carbocycles. The molecule has 0 aliphatic heterocycles. The molecule has 1 aliphatic carbocycles. The van der Waals surface area contributed by atoms with Crippen molar-refractivity contribution in [3.8, 4) is 5.75 Å². The summed E-state index contributed by atoms with van der Waals surface area (Å²) in [4.78, 5) is 11.6. The van der Waals surface area contributed by atoms with Crippen LogP contribution in [0.1, 0.15) is 24.8 Å². The molecule has 1 saturated carbocycles. The molecule has 2 N–H and O–H groups in total. The second-order valence-corrected chi connectivity index (χ2v) is 5.50. The van der Waals surface area contributed by atoms with Crippen LogP contribution in [-0.4, -0.2) is 32.4 Å². The van der Waals surface area contributed by atoms with Crippen LogP contribution in [0.15, 0.2) is 24.3 Å². The first-order valence-corrected chi connectivity index (χ1v) is 7.76. The lowest BCUT2D eigenvalue weighted by Crippen LogP contribution is -2.35. The van der Waals surface area contributed by atoms with Crippen LogP contribution >= 0.6 is 0 Å². The van der Waals surface area contributed by atoms with Crippen LogP contribution in [0.4, 0.5) is 13.6 Å². The molecule has 1 aromatic rings. The molecule has 0 spiro atoms. The van der Waals surface area contributed by atoms with Crippen LogP contribution in [0.2, 0.25) is 0 Å². The predicted octanol–water partition coefficient (Wildman–Crippen LogP) is 2.90. The largest absolute Gasteiger partial charge is 0.435 e. The molecule has 2 amide bonds. The summed E-state index contributed by atoms with van der Waals surface area (Å²) in [5.74, 6) is 0.850. The van der Waals surface area contributed by atoms with Crippen molar-refractivity contribution in [3.63, 3.8) is 0 Å². The van der Waals surface area contributed by atoms with Gasteiger partial charge < -0.3 is 20.1 Å². The molecule has 7 heteroatoms. The maximum atomic E-state index is 12.0. The molecule has 0 heterocycles. The lowest BCUT2D eigenvalue weighted by atomic mass is 10.2. The van der Waals surface area contributed by atoms with Gasteiger partial charge in [-0.3, -0.25) is 0 Å². The van der Waals surface area contributed by atoms with E-state index in [9.17, 15) is 13.6 Å². The van der Waals surface area contributed by atoms with E-state index in [1.807, 2.05) is 0 Å². The van der Waals surface area contributed by atoms with Gasteiger partial charge in [-0.15, -0.1) is 0 Å². The summed E-state index contributed by atoms with van der Waals surface area (Å²) in [6.45, 7) is -0.478. The minimum Gasteiger partial charge on any atom is -0.435 e. The van der Waals surface area contributed by atoms with Crippen LogP contribution in [0.25, 0.3) is 0 Å². The number of benzene rings is 1. The number of carbonyl (C=O) groups excluding carboxylic acids is 1. The molecule has 5 nitrogen and oxygen atoms in total. The Kier molecular flexibility index (Phi) is 7.06. The van der Waals surface area contributed by atoms with E-state index in [1.165, 1.54) is 25.0 Å². The topological polar surface area (TPSA) is 59.6 Å². The summed E-state index contributed by atoms with van der Waals surface area (Å²) >= 11 is 0. The first kappa shape index (κ1) is 17.5. The quantitative estimate of drug-likeness (QED) is 0.649. The standard InChI is InChI=1S/C16H22F2N2O3/c17-15(18)23-14-6-4-12(5-7-14)10-20-16(21)19-8-1-9-22-11-13-2-3-13/h4-7,13,15H,1-3,8-11H2,(H2,19,20,21). The minimum atomic E-state index is -2.84. The van der Waals surface area contributed by atoms with Gasteiger partial charge in [0.05, 0.1) is 0 Å². The lowest BCUT2D eigenvalue weighted by Gasteiger charge is -2.09. The number of hydrogen-bond donors (Lipinski definition) is 2. The number of halogens is 2. The van der Waals surface area contributed by atoms with Crippen molar-refractivity contribution in [2.45, 2.75) is 32.4 Å². The molecule has 1 aliphatic rings. The van der Waals surface area contributed by atoms with Crippen molar-refractivity contribution < 1.29 is 23.0 Å². The van der Waals surface area contributed by atoms with E-state index in [0.29, 0.717) is 19.7 Å². The maximum absolute atomic E-state index is 12.0. The third-order valence-corrected chi connectivity index (χ3v) is 3.40. The fourth-order valence-electron chi connectivity index (χ4n) is 1.94. The molecular formula is C16H22F2N2O3. The van der Waals surface area contributed by atoms with Gasteiger partial charge in [0.25, 0.3) is 0 Å². The summed E-state index contributed by atoms with van der Waals surface area (Å²) in [6, 6.07) is 5.88. The molecule has 23 heavy (non-hydrogen) atoms. The summed E-state index contributed by atoms with van der Waals surface area (Å²) in [6.07, 6.45) is 3.32. The Morgan fingerprint density at radius 2 is 1.96 bits per heavy atom. The van der Waals surface area contributed by atoms with E-state index in [4.69, 9.17) is 4.74 Å². The second kappa shape index (κ2) is 9.29. The van der Waals surface area contributed by atoms with Gasteiger partial charge in [-0.25, -0.2) is 4.79 Å². The van der Waals surface area contributed by atoms with E-state index in [-0.39, 0.29) is 11.8 Å². The predicted molar refractivity (Wildman–Crippen MR) is 81.5 cm³/mol. The first-order chi connectivity index (χ1) is 11.1. The molecule has 0 atom stereocenters. The summed E-state index contributed by atoms with van der Waals surface area (Å²) in [7, 11) is 0. The number of carbonyl (C=O) groups is 1. The Morgan fingerprint density at radius 1 is 1.22 bits per heavy atom. The summed E-state index contributed by atoms with van der Waals surface area (Å²) in [5, 5.41) is 5.44. The second-order valence-electron chi connectivity index (χ2n) is 5.50. The van der Waals surface area contributed by atoms with Gasteiger partial charge in [0.1, 0.15) is 5.75 Å². The summed E-state index contributed by atoms with van der Waals surface area (Å²) < 4.78 is 33.8. The molecule has 0 radical (unpaired) electrons. The number of hydrogen-bond acceptors (Lipinski definition) is 3. The highest BCUT2D eigenvalue weighted by Crippen LogP contribution is 2.28. The Bertz CT molecular complexity index is 479. The van der Waals surface area contributed by atoms with E-state index < -0.39 is 6.61 Å². The van der Waals surface area contributed by atoms with E-state index in [0.717, 1.165) is 24.5 Å². The van der Waals surface area contributed by atoms with Crippen LogP contribution in [-0.2, 0) is 11.3 Å². The minimum absolute atomic E-state index is 0.0967. The number of alkyl halides is 2. The third kappa shape index (κ3) is 7.78. The number of urea groups is 1. The fraction of sp³-hybridized carbons (Fsp3) is 0.562. The van der Waals surface area contributed by atoms with E-state index in [1.54, 1.807) is 12.1 Å². The maximum Gasteiger partial charge on any atom is 0.387 e. The molecule has 128 valence electrons. The Morgan fingerprint density at radius 3 is 2.61 bits per heavy atom. The highest BCUT2D eigenvalue weighted by Gasteiger charge is 2.20. The van der Waals surface area contributed by atoms with Gasteiger partial charge in [0.2, 0.25) is 0 Å². The van der Waals surface area contributed by atoms with Crippen LogP contribution in [0.3, 0.4) is 0 Å². The molecule has 0 bridgehead atoms. The van der Waals surface area contributed by atoms with Crippen molar-refractivity contribution >= 4 is 6.03 Å². The number of ether oxygens (including phenoxy) is 2. The molecule has 0 saturated heterocycles. The average Bonchev–Trinajstić information content (AvgIpc) is 3.34. The normalized spacial score (nSPS) is 13.9. The van der Waals surface area contributed by atoms with Crippen LogP contribution in [0, 0.1) is 5.92 Å². The first-order valence-electron chi connectivity index (χ1n) is 7.76. The Balaban J connectivity index is 1.52. The van der Waals surface area contributed by atoms with Gasteiger partial charge in [-0.05, 0) is 42.9 Å². The lowest BCUT2D eigenvalue weighted by molar-refractivity contribution is -0.0498. The monoisotopic (exact) mass is 328 g/mol. The van der Waals surface area contributed by atoms with Crippen molar-refractivity contribution in [2.24, 2.45) is 5.92 Å². The SMILES string of the molecule is O=C(NCCCOCC1CC1)NCc1ccc(OC(F)F)cc1. The summed E-state index contributed by atoms with van der Waals surface area (Å²) in [5.41, 5.74) is 0.800. The van der Waals surface area contributed by atoms with Crippen molar-refractivity contribution in [3.05, 3.63) is 29.8 Å². The fourth-order valence-corrected chi connectivity index (χ4v) is 1.94. The zero-order valence-electron chi connectivity index (χ0n) is 12.9. The highest BCUT2D eigenvalue weighted by molar-refractivity contribution is 5.73. The zero-order valence-corrected chi connectivity index (χ0v) is 12.9. The molecule has 0 aromatic heterocycles. The van der Waals surface area contributed by atoms with Crippen molar-refractivity contribution in [2.75, 3.05) is 19.8 Å².